The van der Waals surface area contributed by atoms with Crippen molar-refractivity contribution in [1.82, 2.24) is 20.3 Å². The van der Waals surface area contributed by atoms with Gasteiger partial charge in [0.25, 0.3) is 0 Å². The Balaban J connectivity index is 1.87. The average molecular weight is 272 g/mol. The van der Waals surface area contributed by atoms with Crippen LogP contribution in [0.25, 0.3) is 0 Å². The maximum absolute atomic E-state index is 3.95. The van der Waals surface area contributed by atoms with Crippen molar-refractivity contribution in [3.05, 3.63) is 47.8 Å². The molecule has 2 rings (SSSR count). The molecule has 108 valence electrons. The minimum absolute atomic E-state index is 0.211. The number of nitrogens with zero attached hydrogens (tertiary/aromatic N) is 3. The van der Waals surface area contributed by atoms with Crippen LogP contribution in [0.5, 0.6) is 0 Å². The second kappa shape index (κ2) is 6.18. The van der Waals surface area contributed by atoms with E-state index in [9.17, 15) is 0 Å². The van der Waals surface area contributed by atoms with Crippen LogP contribution in [-0.2, 0) is 12.0 Å². The average Bonchev–Trinajstić information content (AvgIpc) is 2.91. The van der Waals surface area contributed by atoms with Crippen LogP contribution < -0.4 is 5.32 Å². The van der Waals surface area contributed by atoms with Crippen LogP contribution in [0, 0.1) is 0 Å². The van der Waals surface area contributed by atoms with Gasteiger partial charge in [-0.2, -0.15) is 0 Å². The lowest BCUT2D eigenvalue weighted by atomic mass is 9.86. The molecule has 20 heavy (non-hydrogen) atoms. The molecule has 0 fully saturated rings. The smallest absolute Gasteiger partial charge is 0.0692 e. The van der Waals surface area contributed by atoms with E-state index in [0.717, 1.165) is 13.1 Å². The molecule has 0 saturated carbocycles. The van der Waals surface area contributed by atoms with Gasteiger partial charge in [0.2, 0.25) is 0 Å². The van der Waals surface area contributed by atoms with Crippen molar-refractivity contribution >= 4 is 0 Å². The molecule has 0 amide bonds. The van der Waals surface area contributed by atoms with Crippen molar-refractivity contribution in [2.45, 2.75) is 45.7 Å². The third kappa shape index (κ3) is 3.90. The third-order valence-corrected chi connectivity index (χ3v) is 3.54. The van der Waals surface area contributed by atoms with E-state index in [4.69, 9.17) is 0 Å². The zero-order chi connectivity index (χ0) is 14.6. The predicted molar refractivity (Wildman–Crippen MR) is 81.6 cm³/mol. The zero-order valence-electron chi connectivity index (χ0n) is 12.8. The first kappa shape index (κ1) is 14.7. The number of aromatic nitrogens is 3. The highest BCUT2D eigenvalue weighted by Gasteiger charge is 2.13. The Hall–Kier alpha value is -1.68. The summed E-state index contributed by atoms with van der Waals surface area (Å²) >= 11 is 0. The summed E-state index contributed by atoms with van der Waals surface area (Å²) in [6.07, 6.45) is 3.58. The van der Waals surface area contributed by atoms with Crippen LogP contribution in [0.4, 0.5) is 0 Å². The largest absolute Gasteiger partial charge is 0.308 e. The number of hydrogen-bond acceptors (Lipinski definition) is 3. The molecule has 0 spiro atoms. The molecule has 1 aromatic heterocycles. The number of benzene rings is 1. The van der Waals surface area contributed by atoms with Gasteiger partial charge in [0, 0.05) is 18.8 Å². The fourth-order valence-corrected chi connectivity index (χ4v) is 2.14. The van der Waals surface area contributed by atoms with Crippen molar-refractivity contribution < 1.29 is 0 Å². The maximum atomic E-state index is 3.95. The Morgan fingerprint density at radius 3 is 2.45 bits per heavy atom. The van der Waals surface area contributed by atoms with Gasteiger partial charge in [-0.05, 0) is 23.5 Å². The monoisotopic (exact) mass is 272 g/mol. The summed E-state index contributed by atoms with van der Waals surface area (Å²) in [6.45, 7) is 10.6. The highest BCUT2D eigenvalue weighted by atomic mass is 15.4. The lowest BCUT2D eigenvalue weighted by Gasteiger charge is -2.20. The van der Waals surface area contributed by atoms with Gasteiger partial charge in [-0.25, -0.2) is 0 Å². The fourth-order valence-electron chi connectivity index (χ4n) is 2.14. The summed E-state index contributed by atoms with van der Waals surface area (Å²) in [5, 5.41) is 11.3. The lowest BCUT2D eigenvalue weighted by molar-refractivity contribution is 0.499. The number of rotatable bonds is 5. The molecular formula is C16H24N4. The molecule has 2 aromatic rings. The molecule has 0 aliphatic carbocycles. The van der Waals surface area contributed by atoms with Gasteiger partial charge in [-0.15, -0.1) is 5.10 Å². The Labute approximate surface area is 121 Å². The molecule has 1 N–H and O–H groups in total. The molecule has 0 aliphatic heterocycles. The molecule has 0 saturated heterocycles. The minimum Gasteiger partial charge on any atom is -0.308 e. The molecule has 4 nitrogen and oxygen atoms in total. The summed E-state index contributed by atoms with van der Waals surface area (Å²) in [5.41, 5.74) is 2.90. The van der Waals surface area contributed by atoms with Gasteiger partial charge in [-0.3, -0.25) is 4.68 Å². The Morgan fingerprint density at radius 2 is 1.90 bits per heavy atom. The van der Waals surface area contributed by atoms with E-state index in [0.29, 0.717) is 6.04 Å². The van der Waals surface area contributed by atoms with Gasteiger partial charge in [0.1, 0.15) is 0 Å². The molecule has 0 aliphatic rings. The van der Waals surface area contributed by atoms with Gasteiger partial charge < -0.3 is 5.32 Å². The normalized spacial score (nSPS) is 13.4. The maximum Gasteiger partial charge on any atom is 0.0692 e. The Morgan fingerprint density at radius 1 is 1.20 bits per heavy atom. The summed E-state index contributed by atoms with van der Waals surface area (Å²) < 4.78 is 1.84. The molecule has 1 heterocycles. The SMILES string of the molecule is CC(NCCn1ccnn1)c1ccc(C(C)(C)C)cc1. The molecule has 0 radical (unpaired) electrons. The number of hydrogen-bond donors (Lipinski definition) is 1. The van der Waals surface area contributed by atoms with Crippen molar-refractivity contribution in [3.63, 3.8) is 0 Å². The third-order valence-electron chi connectivity index (χ3n) is 3.54. The highest BCUT2D eigenvalue weighted by molar-refractivity contribution is 5.28. The highest BCUT2D eigenvalue weighted by Crippen LogP contribution is 2.23. The lowest BCUT2D eigenvalue weighted by Crippen LogP contribution is -2.23. The second-order valence-corrected chi connectivity index (χ2v) is 6.21. The van der Waals surface area contributed by atoms with E-state index in [1.165, 1.54) is 11.1 Å². The first-order valence-corrected chi connectivity index (χ1v) is 7.15. The van der Waals surface area contributed by atoms with Crippen LogP contribution in [-0.4, -0.2) is 21.5 Å². The zero-order valence-corrected chi connectivity index (χ0v) is 12.8. The summed E-state index contributed by atoms with van der Waals surface area (Å²) in [6, 6.07) is 9.23. The molecule has 4 heteroatoms. The van der Waals surface area contributed by atoms with E-state index >= 15 is 0 Å². The van der Waals surface area contributed by atoms with Gasteiger partial charge in [0.05, 0.1) is 12.7 Å². The van der Waals surface area contributed by atoms with Gasteiger partial charge >= 0.3 is 0 Å². The van der Waals surface area contributed by atoms with Crippen LogP contribution in [0.3, 0.4) is 0 Å². The topological polar surface area (TPSA) is 42.7 Å². The van der Waals surface area contributed by atoms with Gasteiger partial charge in [0.15, 0.2) is 0 Å². The number of nitrogens with one attached hydrogen (secondary N) is 1. The van der Waals surface area contributed by atoms with E-state index in [1.807, 2.05) is 10.9 Å². The van der Waals surface area contributed by atoms with Gasteiger partial charge in [-0.1, -0.05) is 50.3 Å². The fraction of sp³-hybridized carbons (Fsp3) is 0.500. The molecule has 1 unspecified atom stereocenters. The van der Waals surface area contributed by atoms with Crippen molar-refractivity contribution in [3.8, 4) is 0 Å². The minimum atomic E-state index is 0.211. The predicted octanol–water partition coefficient (Wildman–Crippen LogP) is 2.93. The summed E-state index contributed by atoms with van der Waals surface area (Å²) in [5.74, 6) is 0. The van der Waals surface area contributed by atoms with Crippen molar-refractivity contribution in [1.29, 1.82) is 0 Å². The first-order chi connectivity index (χ1) is 9.47. The molecular weight excluding hydrogens is 248 g/mol. The van der Waals surface area contributed by atoms with Crippen molar-refractivity contribution in [2.24, 2.45) is 0 Å². The van der Waals surface area contributed by atoms with Crippen LogP contribution >= 0.6 is 0 Å². The quantitative estimate of drug-likeness (QED) is 0.910. The van der Waals surface area contributed by atoms with Crippen molar-refractivity contribution in [2.75, 3.05) is 6.54 Å². The standard InChI is InChI=1S/C16H24N4/c1-13(17-9-11-20-12-10-18-19-20)14-5-7-15(8-6-14)16(2,3)4/h5-8,10,12-13,17H,9,11H2,1-4H3. The molecule has 0 bridgehead atoms. The van der Waals surface area contributed by atoms with E-state index in [1.54, 1.807) is 6.20 Å². The Kier molecular flexibility index (Phi) is 4.55. The van der Waals surface area contributed by atoms with E-state index in [2.05, 4.69) is 67.6 Å². The Bertz CT molecular complexity index is 508. The van der Waals surface area contributed by atoms with E-state index < -0.39 is 0 Å². The van der Waals surface area contributed by atoms with Crippen LogP contribution in [0.15, 0.2) is 36.7 Å². The summed E-state index contributed by atoms with van der Waals surface area (Å²) in [4.78, 5) is 0. The molecule has 1 aromatic carbocycles. The van der Waals surface area contributed by atoms with E-state index in [-0.39, 0.29) is 5.41 Å². The first-order valence-electron chi connectivity index (χ1n) is 7.15. The second-order valence-electron chi connectivity index (χ2n) is 6.21. The van der Waals surface area contributed by atoms with Crippen LogP contribution in [0.1, 0.15) is 44.9 Å². The summed E-state index contributed by atoms with van der Waals surface area (Å²) in [7, 11) is 0. The molecule has 1 atom stereocenters. The van der Waals surface area contributed by atoms with Crippen LogP contribution in [0.2, 0.25) is 0 Å².